The third-order valence-corrected chi connectivity index (χ3v) is 3.63. The molecule has 0 aliphatic rings. The molecule has 0 unspecified atom stereocenters. The molecule has 0 bridgehead atoms. The Bertz CT molecular complexity index is 759. The van der Waals surface area contributed by atoms with Gasteiger partial charge >= 0.3 is 0 Å². The minimum absolute atomic E-state index is 0.452. The van der Waals surface area contributed by atoms with Gasteiger partial charge in [-0.25, -0.2) is 0 Å². The lowest BCUT2D eigenvalue weighted by molar-refractivity contribution is 0.524. The number of halogens is 1. The van der Waals surface area contributed by atoms with E-state index in [1.165, 1.54) is 0 Å². The fourth-order valence-corrected chi connectivity index (χ4v) is 2.15. The number of nitrogens with zero attached hydrogens (tertiary/aromatic N) is 4. The number of hydrogen-bond donors (Lipinski definition) is 0. The average molecular weight is 277 g/mol. The predicted octanol–water partition coefficient (Wildman–Crippen LogP) is 3.22. The van der Waals surface area contributed by atoms with E-state index in [0.717, 1.165) is 23.3 Å². The molecule has 6 heteroatoms. The lowest BCUT2D eigenvalue weighted by atomic mass is 10.2. The highest BCUT2D eigenvalue weighted by atomic mass is 35.5. The van der Waals surface area contributed by atoms with Gasteiger partial charge in [0.15, 0.2) is 16.6 Å². The molecule has 0 radical (unpaired) electrons. The van der Waals surface area contributed by atoms with Crippen LogP contribution in [0.25, 0.3) is 17.2 Å². The van der Waals surface area contributed by atoms with Crippen LogP contribution in [-0.4, -0.2) is 19.8 Å². The monoisotopic (exact) mass is 276 g/mol. The first-order chi connectivity index (χ1) is 9.11. The number of fused-ring (bicyclic) bond motifs is 1. The number of aryl methyl sites for hydroxylation is 2. The van der Waals surface area contributed by atoms with Crippen LogP contribution in [0.2, 0.25) is 5.15 Å². The van der Waals surface area contributed by atoms with E-state index in [2.05, 4.69) is 15.3 Å². The van der Waals surface area contributed by atoms with Crippen LogP contribution in [0, 0.1) is 13.8 Å². The fourth-order valence-electron chi connectivity index (χ4n) is 1.94. The van der Waals surface area contributed by atoms with Gasteiger partial charge in [-0.2, -0.15) is 9.61 Å². The van der Waals surface area contributed by atoms with E-state index >= 15 is 0 Å². The van der Waals surface area contributed by atoms with Crippen LogP contribution in [0.1, 0.15) is 23.8 Å². The van der Waals surface area contributed by atoms with Crippen molar-refractivity contribution in [2.24, 2.45) is 0 Å². The molecule has 98 valence electrons. The Balaban J connectivity index is 2.25. The molecule has 0 saturated heterocycles. The second kappa shape index (κ2) is 4.35. The lowest BCUT2D eigenvalue weighted by Crippen LogP contribution is -1.99. The van der Waals surface area contributed by atoms with E-state index in [-0.39, 0.29) is 0 Å². The lowest BCUT2D eigenvalue weighted by Gasteiger charge is -2.03. The number of furan rings is 1. The van der Waals surface area contributed by atoms with Gasteiger partial charge in [0.05, 0.1) is 0 Å². The van der Waals surface area contributed by atoms with Gasteiger partial charge in [0, 0.05) is 12.0 Å². The molecular weight excluding hydrogens is 264 g/mol. The molecule has 0 aliphatic heterocycles. The molecule has 3 rings (SSSR count). The Kier molecular flexibility index (Phi) is 2.78. The molecule has 0 fully saturated rings. The van der Waals surface area contributed by atoms with E-state index in [9.17, 15) is 0 Å². The largest absolute Gasteiger partial charge is 0.458 e. The molecule has 3 heterocycles. The summed E-state index contributed by atoms with van der Waals surface area (Å²) in [5, 5.41) is 13.1. The van der Waals surface area contributed by atoms with E-state index in [4.69, 9.17) is 16.0 Å². The van der Waals surface area contributed by atoms with Crippen LogP contribution in [0.5, 0.6) is 0 Å². The second-order valence-electron chi connectivity index (χ2n) is 4.42. The fraction of sp³-hybridized carbons (Fsp3) is 0.308. The van der Waals surface area contributed by atoms with Gasteiger partial charge < -0.3 is 4.42 Å². The summed E-state index contributed by atoms with van der Waals surface area (Å²) in [5.41, 5.74) is 2.59. The summed E-state index contributed by atoms with van der Waals surface area (Å²) in [7, 11) is 0. The summed E-state index contributed by atoms with van der Waals surface area (Å²) < 4.78 is 7.32. The maximum absolute atomic E-state index is 6.12. The van der Waals surface area contributed by atoms with Gasteiger partial charge in [0.2, 0.25) is 5.82 Å². The molecule has 3 aromatic rings. The molecule has 0 atom stereocenters. The Labute approximate surface area is 115 Å². The van der Waals surface area contributed by atoms with Crippen LogP contribution < -0.4 is 0 Å². The highest BCUT2D eigenvalue weighted by molar-refractivity contribution is 6.30. The Morgan fingerprint density at radius 1 is 1.21 bits per heavy atom. The van der Waals surface area contributed by atoms with Gasteiger partial charge in [-0.1, -0.05) is 18.5 Å². The van der Waals surface area contributed by atoms with Gasteiger partial charge in [-0.05, 0) is 31.5 Å². The zero-order chi connectivity index (χ0) is 13.6. The van der Waals surface area contributed by atoms with E-state index in [1.54, 1.807) is 4.52 Å². The van der Waals surface area contributed by atoms with Crippen LogP contribution in [0.4, 0.5) is 0 Å². The highest BCUT2D eigenvalue weighted by Gasteiger charge is 2.17. The van der Waals surface area contributed by atoms with Crippen molar-refractivity contribution in [2.75, 3.05) is 0 Å². The minimum Gasteiger partial charge on any atom is -0.458 e. The zero-order valence-electron chi connectivity index (χ0n) is 10.9. The maximum Gasteiger partial charge on any atom is 0.220 e. The Morgan fingerprint density at radius 3 is 2.68 bits per heavy atom. The van der Waals surface area contributed by atoms with Crippen LogP contribution in [0.15, 0.2) is 16.5 Å². The molecule has 0 N–H and O–H groups in total. The summed E-state index contributed by atoms with van der Waals surface area (Å²) in [6.45, 7) is 5.91. The first-order valence-corrected chi connectivity index (χ1v) is 6.46. The summed E-state index contributed by atoms with van der Waals surface area (Å²) in [4.78, 5) is 0. The SMILES string of the molecule is CCc1ccc(-c2nnc3c(C)c(C)c(Cl)nn23)o1. The standard InChI is InChI=1S/C13H13ClN4O/c1-4-9-5-6-10(19-9)13-16-15-12-8(3)7(2)11(14)17-18(12)13/h5-6H,4H2,1-3H3. The van der Waals surface area contributed by atoms with Crippen molar-refractivity contribution in [1.82, 2.24) is 19.8 Å². The molecular formula is C13H13ClN4O. The Morgan fingerprint density at radius 2 is 2.00 bits per heavy atom. The van der Waals surface area contributed by atoms with Crippen molar-refractivity contribution >= 4 is 17.2 Å². The van der Waals surface area contributed by atoms with Gasteiger partial charge in [-0.15, -0.1) is 10.2 Å². The molecule has 19 heavy (non-hydrogen) atoms. The van der Waals surface area contributed by atoms with Crippen LogP contribution in [0.3, 0.4) is 0 Å². The van der Waals surface area contributed by atoms with Crippen molar-refractivity contribution in [3.8, 4) is 11.6 Å². The van der Waals surface area contributed by atoms with Crippen molar-refractivity contribution in [2.45, 2.75) is 27.2 Å². The smallest absolute Gasteiger partial charge is 0.220 e. The first-order valence-electron chi connectivity index (χ1n) is 6.09. The summed E-state index contributed by atoms with van der Waals surface area (Å²) in [5.74, 6) is 2.12. The average Bonchev–Trinajstić information content (AvgIpc) is 3.01. The molecule has 0 amide bonds. The minimum atomic E-state index is 0.452. The van der Waals surface area contributed by atoms with Gasteiger partial charge in [-0.3, -0.25) is 0 Å². The second-order valence-corrected chi connectivity index (χ2v) is 4.78. The van der Waals surface area contributed by atoms with Gasteiger partial charge in [0.1, 0.15) is 5.76 Å². The Hall–Kier alpha value is -1.88. The third-order valence-electron chi connectivity index (χ3n) is 3.27. The van der Waals surface area contributed by atoms with Crippen LogP contribution >= 0.6 is 11.6 Å². The molecule has 0 aromatic carbocycles. The van der Waals surface area contributed by atoms with Crippen molar-refractivity contribution < 1.29 is 4.42 Å². The normalized spacial score (nSPS) is 11.4. The number of rotatable bonds is 2. The summed E-state index contributed by atoms with van der Waals surface area (Å²) in [6, 6.07) is 3.80. The molecule has 3 aromatic heterocycles. The number of aromatic nitrogens is 4. The summed E-state index contributed by atoms with van der Waals surface area (Å²) >= 11 is 6.12. The van der Waals surface area contributed by atoms with Crippen LogP contribution in [-0.2, 0) is 6.42 Å². The van der Waals surface area contributed by atoms with Gasteiger partial charge in [0.25, 0.3) is 0 Å². The van der Waals surface area contributed by atoms with E-state index in [1.807, 2.05) is 32.9 Å². The van der Waals surface area contributed by atoms with E-state index in [0.29, 0.717) is 22.4 Å². The van der Waals surface area contributed by atoms with Crippen molar-refractivity contribution in [3.05, 3.63) is 34.2 Å². The quantitative estimate of drug-likeness (QED) is 0.721. The molecule has 0 saturated carbocycles. The number of hydrogen-bond acceptors (Lipinski definition) is 4. The molecule has 5 nitrogen and oxygen atoms in total. The maximum atomic E-state index is 6.12. The van der Waals surface area contributed by atoms with Crippen molar-refractivity contribution in [3.63, 3.8) is 0 Å². The first kappa shape index (κ1) is 12.2. The van der Waals surface area contributed by atoms with Crippen molar-refractivity contribution in [1.29, 1.82) is 0 Å². The third kappa shape index (κ3) is 1.81. The molecule has 0 aliphatic carbocycles. The zero-order valence-corrected chi connectivity index (χ0v) is 11.7. The highest BCUT2D eigenvalue weighted by Crippen LogP contribution is 2.25. The van der Waals surface area contributed by atoms with E-state index < -0.39 is 0 Å². The summed E-state index contributed by atoms with van der Waals surface area (Å²) in [6.07, 6.45) is 0.836. The topological polar surface area (TPSA) is 56.2 Å². The predicted molar refractivity (Wildman–Crippen MR) is 72.3 cm³/mol. The molecule has 0 spiro atoms.